The summed E-state index contributed by atoms with van der Waals surface area (Å²) in [4.78, 5) is 33.5. The van der Waals surface area contributed by atoms with Gasteiger partial charge in [-0.25, -0.2) is 4.98 Å². The second kappa shape index (κ2) is 7.60. The van der Waals surface area contributed by atoms with Crippen LogP contribution in [0.3, 0.4) is 0 Å². The first kappa shape index (κ1) is 19.0. The van der Waals surface area contributed by atoms with Crippen LogP contribution in [0.25, 0.3) is 21.1 Å². The van der Waals surface area contributed by atoms with Crippen molar-refractivity contribution in [2.24, 2.45) is 0 Å². The average Bonchev–Trinajstić information content (AvgIpc) is 3.07. The highest BCUT2D eigenvalue weighted by Gasteiger charge is 2.16. The molecule has 0 aliphatic heterocycles. The van der Waals surface area contributed by atoms with Crippen LogP contribution < -0.4 is 10.6 Å². The van der Waals surface area contributed by atoms with Gasteiger partial charge in [0.25, 0.3) is 5.91 Å². The Morgan fingerprint density at radius 3 is 2.52 bits per heavy atom. The van der Waals surface area contributed by atoms with Crippen LogP contribution in [0.2, 0.25) is 0 Å². The Morgan fingerprint density at radius 1 is 0.966 bits per heavy atom. The molecule has 2 N–H and O–H groups in total. The Kier molecular flexibility index (Phi) is 4.98. The van der Waals surface area contributed by atoms with Crippen LogP contribution in [0.1, 0.15) is 42.7 Å². The Labute approximate surface area is 172 Å². The molecule has 146 valence electrons. The van der Waals surface area contributed by atoms with Gasteiger partial charge in [-0.1, -0.05) is 43.4 Å². The lowest BCUT2D eigenvalue weighted by molar-refractivity contribution is -0.114. The molecule has 0 aliphatic rings. The van der Waals surface area contributed by atoms with Crippen molar-refractivity contribution in [3.8, 4) is 0 Å². The van der Waals surface area contributed by atoms with Gasteiger partial charge < -0.3 is 5.32 Å². The molecule has 0 saturated heterocycles. The van der Waals surface area contributed by atoms with E-state index in [2.05, 4.69) is 34.4 Å². The summed E-state index contributed by atoms with van der Waals surface area (Å²) in [5, 5.41) is 6.99. The fraction of sp³-hybridized carbons (Fsp3) is 0.182. The SMILES string of the molecule is CC(=O)Nc1ccc2nc(NC(=O)c3cc(C(C)C)nc4ccccc34)sc2c1. The van der Waals surface area contributed by atoms with Gasteiger partial charge in [-0.05, 0) is 36.2 Å². The van der Waals surface area contributed by atoms with Crippen LogP contribution in [0.15, 0.2) is 48.5 Å². The highest BCUT2D eigenvalue weighted by atomic mass is 32.1. The van der Waals surface area contributed by atoms with Crippen molar-refractivity contribution in [2.75, 3.05) is 10.6 Å². The molecule has 2 amide bonds. The van der Waals surface area contributed by atoms with Crippen LogP contribution >= 0.6 is 11.3 Å². The van der Waals surface area contributed by atoms with Crippen molar-refractivity contribution in [2.45, 2.75) is 26.7 Å². The lowest BCUT2D eigenvalue weighted by Gasteiger charge is -2.11. The highest BCUT2D eigenvalue weighted by molar-refractivity contribution is 7.22. The summed E-state index contributed by atoms with van der Waals surface area (Å²) in [7, 11) is 0. The van der Waals surface area contributed by atoms with E-state index < -0.39 is 0 Å². The molecule has 0 bridgehead atoms. The van der Waals surface area contributed by atoms with Gasteiger partial charge in [0.1, 0.15) is 0 Å². The van der Waals surface area contributed by atoms with Gasteiger partial charge >= 0.3 is 0 Å². The van der Waals surface area contributed by atoms with Crippen molar-refractivity contribution >= 4 is 55.1 Å². The maximum atomic E-state index is 13.1. The number of amides is 2. The maximum Gasteiger partial charge on any atom is 0.258 e. The van der Waals surface area contributed by atoms with Gasteiger partial charge in [-0.15, -0.1) is 0 Å². The van der Waals surface area contributed by atoms with E-state index >= 15 is 0 Å². The molecule has 6 nitrogen and oxygen atoms in total. The minimum absolute atomic E-state index is 0.132. The van der Waals surface area contributed by atoms with Crippen LogP contribution in [-0.4, -0.2) is 21.8 Å². The number of hydrogen-bond donors (Lipinski definition) is 2. The van der Waals surface area contributed by atoms with E-state index in [-0.39, 0.29) is 17.7 Å². The fourth-order valence-electron chi connectivity index (χ4n) is 3.10. The Bertz CT molecular complexity index is 1250. The Morgan fingerprint density at radius 2 is 1.76 bits per heavy atom. The van der Waals surface area contributed by atoms with E-state index in [0.29, 0.717) is 16.4 Å². The number of pyridine rings is 1. The van der Waals surface area contributed by atoms with Crippen LogP contribution in [0.4, 0.5) is 10.8 Å². The molecule has 2 heterocycles. The molecule has 0 atom stereocenters. The predicted octanol–water partition coefficient (Wildman–Crippen LogP) is 5.18. The summed E-state index contributed by atoms with van der Waals surface area (Å²) >= 11 is 1.37. The molecule has 0 saturated carbocycles. The van der Waals surface area contributed by atoms with Gasteiger partial charge in [0.2, 0.25) is 5.91 Å². The number of carbonyl (C=O) groups excluding carboxylic acids is 2. The van der Waals surface area contributed by atoms with E-state index in [9.17, 15) is 9.59 Å². The van der Waals surface area contributed by atoms with E-state index in [1.165, 1.54) is 18.3 Å². The molecular weight excluding hydrogens is 384 g/mol. The number of nitrogens with zero attached hydrogens (tertiary/aromatic N) is 2. The molecule has 0 unspecified atom stereocenters. The number of fused-ring (bicyclic) bond motifs is 2. The number of aromatic nitrogens is 2. The number of nitrogens with one attached hydrogen (secondary N) is 2. The summed E-state index contributed by atoms with van der Waals surface area (Å²) in [5.74, 6) is -0.139. The third-order valence-corrected chi connectivity index (χ3v) is 5.44. The third-order valence-electron chi connectivity index (χ3n) is 4.50. The summed E-state index contributed by atoms with van der Waals surface area (Å²) in [6.45, 7) is 5.57. The topological polar surface area (TPSA) is 84.0 Å². The molecule has 2 aromatic carbocycles. The van der Waals surface area contributed by atoms with E-state index in [0.717, 1.165) is 26.8 Å². The number of rotatable bonds is 4. The van der Waals surface area contributed by atoms with Crippen molar-refractivity contribution < 1.29 is 9.59 Å². The van der Waals surface area contributed by atoms with Crippen LogP contribution in [0.5, 0.6) is 0 Å². The first-order chi connectivity index (χ1) is 13.9. The molecule has 29 heavy (non-hydrogen) atoms. The van der Waals surface area contributed by atoms with E-state index in [1.54, 1.807) is 6.07 Å². The van der Waals surface area contributed by atoms with Crippen molar-refractivity contribution in [1.29, 1.82) is 0 Å². The van der Waals surface area contributed by atoms with Gasteiger partial charge in [0, 0.05) is 23.7 Å². The summed E-state index contributed by atoms with van der Waals surface area (Å²) in [6, 6.07) is 15.0. The molecule has 4 aromatic rings. The number of hydrogen-bond acceptors (Lipinski definition) is 5. The predicted molar refractivity (Wildman–Crippen MR) is 118 cm³/mol. The highest BCUT2D eigenvalue weighted by Crippen LogP contribution is 2.29. The number of para-hydroxylation sites is 1. The number of thiazole rings is 1. The monoisotopic (exact) mass is 404 g/mol. The van der Waals surface area contributed by atoms with Crippen molar-refractivity contribution in [1.82, 2.24) is 9.97 Å². The van der Waals surface area contributed by atoms with Crippen molar-refractivity contribution in [3.63, 3.8) is 0 Å². The Balaban J connectivity index is 1.68. The second-order valence-electron chi connectivity index (χ2n) is 7.10. The molecule has 0 spiro atoms. The molecule has 2 aromatic heterocycles. The zero-order valence-corrected chi connectivity index (χ0v) is 17.1. The lowest BCUT2D eigenvalue weighted by atomic mass is 10.0. The van der Waals surface area contributed by atoms with E-state index in [1.807, 2.05) is 42.5 Å². The molecule has 0 radical (unpaired) electrons. The smallest absolute Gasteiger partial charge is 0.258 e. The largest absolute Gasteiger partial charge is 0.326 e. The Hall–Kier alpha value is -3.32. The maximum absolute atomic E-state index is 13.1. The van der Waals surface area contributed by atoms with Gasteiger partial charge in [0.05, 0.1) is 21.3 Å². The first-order valence-corrected chi connectivity index (χ1v) is 10.1. The van der Waals surface area contributed by atoms with E-state index in [4.69, 9.17) is 0 Å². The van der Waals surface area contributed by atoms with Gasteiger partial charge in [-0.3, -0.25) is 19.9 Å². The van der Waals surface area contributed by atoms with Gasteiger partial charge in [-0.2, -0.15) is 0 Å². The fourth-order valence-corrected chi connectivity index (χ4v) is 4.00. The quantitative estimate of drug-likeness (QED) is 0.491. The minimum atomic E-state index is -0.216. The third kappa shape index (κ3) is 3.95. The lowest BCUT2D eigenvalue weighted by Crippen LogP contribution is -2.13. The standard InChI is InChI=1S/C22H20N4O2S/c1-12(2)19-11-16(15-6-4-5-7-17(15)24-19)21(28)26-22-25-18-9-8-14(23-13(3)27)10-20(18)29-22/h4-12H,1-3H3,(H,23,27)(H,25,26,28). The van der Waals surface area contributed by atoms with Crippen molar-refractivity contribution in [3.05, 3.63) is 59.8 Å². The summed E-state index contributed by atoms with van der Waals surface area (Å²) < 4.78 is 0.883. The average molecular weight is 404 g/mol. The molecule has 0 aliphatic carbocycles. The number of carbonyl (C=O) groups is 2. The van der Waals surface area contributed by atoms with Gasteiger partial charge in [0.15, 0.2) is 5.13 Å². The number of benzene rings is 2. The normalized spacial score (nSPS) is 11.2. The zero-order chi connectivity index (χ0) is 20.5. The molecular formula is C22H20N4O2S. The zero-order valence-electron chi connectivity index (χ0n) is 16.3. The molecule has 7 heteroatoms. The second-order valence-corrected chi connectivity index (χ2v) is 8.13. The van der Waals surface area contributed by atoms with Crippen LogP contribution in [0, 0.1) is 0 Å². The summed E-state index contributed by atoms with van der Waals surface area (Å²) in [5.41, 5.74) is 3.72. The first-order valence-electron chi connectivity index (χ1n) is 9.30. The minimum Gasteiger partial charge on any atom is -0.326 e. The molecule has 4 rings (SSSR count). The number of anilines is 2. The molecule has 0 fully saturated rings. The van der Waals surface area contributed by atoms with Crippen LogP contribution in [-0.2, 0) is 4.79 Å². The summed E-state index contributed by atoms with van der Waals surface area (Å²) in [6.07, 6.45) is 0.